The molecule has 2 N–H and O–H groups in total. The van der Waals surface area contributed by atoms with Crippen molar-refractivity contribution in [3.05, 3.63) is 63.0 Å². The molecule has 16 heteroatoms. The maximum Gasteiger partial charge on any atom is 0.416 e. The van der Waals surface area contributed by atoms with Gasteiger partial charge in [-0.25, -0.2) is 14.8 Å². The van der Waals surface area contributed by atoms with Crippen LogP contribution in [0.3, 0.4) is 0 Å². The van der Waals surface area contributed by atoms with Crippen molar-refractivity contribution < 1.29 is 37.5 Å². The molecule has 2 saturated heterocycles. The van der Waals surface area contributed by atoms with Crippen LogP contribution in [0, 0.1) is 28.9 Å². The van der Waals surface area contributed by atoms with Gasteiger partial charge in [0.1, 0.15) is 17.4 Å². The number of nitrogens with one attached hydrogen (secondary N) is 1. The molecule has 2 aromatic carbocycles. The number of alkyl halides is 3. The van der Waals surface area contributed by atoms with Crippen LogP contribution >= 0.6 is 0 Å². The number of non-ortho nitro benzene ring substituents is 1. The molecule has 3 aliphatic rings. The maximum absolute atomic E-state index is 13.6. The third-order valence-electron chi connectivity index (χ3n) is 11.7. The molecule has 3 aromatic rings. The smallest absolute Gasteiger partial charge is 0.416 e. The number of rotatable bonds is 11. The Morgan fingerprint density at radius 1 is 0.982 bits per heavy atom. The van der Waals surface area contributed by atoms with Crippen LogP contribution in [0.25, 0.3) is 10.9 Å². The lowest BCUT2D eigenvalue weighted by molar-refractivity contribution is -0.385. The first-order valence-corrected chi connectivity index (χ1v) is 19.2. The van der Waals surface area contributed by atoms with Crippen molar-refractivity contribution in [1.29, 1.82) is 0 Å². The summed E-state index contributed by atoms with van der Waals surface area (Å²) in [6.07, 6.45) is 1.51. The molecule has 0 spiro atoms. The van der Waals surface area contributed by atoms with E-state index in [2.05, 4.69) is 20.2 Å². The lowest BCUT2D eigenvalue weighted by Gasteiger charge is -2.38. The lowest BCUT2D eigenvalue weighted by atomic mass is 9.77. The minimum atomic E-state index is -4.75. The number of amides is 2. The van der Waals surface area contributed by atoms with Crippen LogP contribution in [0.15, 0.2) is 30.3 Å². The van der Waals surface area contributed by atoms with Crippen molar-refractivity contribution in [3.63, 3.8) is 0 Å². The summed E-state index contributed by atoms with van der Waals surface area (Å²) >= 11 is 0. The fourth-order valence-corrected chi connectivity index (χ4v) is 8.46. The van der Waals surface area contributed by atoms with E-state index in [0.29, 0.717) is 53.4 Å². The summed E-state index contributed by atoms with van der Waals surface area (Å²) in [5, 5.41) is 24.5. The van der Waals surface area contributed by atoms with Crippen molar-refractivity contribution in [2.45, 2.75) is 83.4 Å². The quantitative estimate of drug-likeness (QED) is 0.147. The van der Waals surface area contributed by atoms with Gasteiger partial charge in [-0.05, 0) is 107 Å². The second kappa shape index (κ2) is 17.0. The zero-order valence-electron chi connectivity index (χ0n) is 31.6. The van der Waals surface area contributed by atoms with Gasteiger partial charge in [0.15, 0.2) is 0 Å². The van der Waals surface area contributed by atoms with E-state index in [-0.39, 0.29) is 23.3 Å². The van der Waals surface area contributed by atoms with E-state index >= 15 is 0 Å². The molecule has 0 bridgehead atoms. The number of nitro groups is 1. The van der Waals surface area contributed by atoms with Gasteiger partial charge in [-0.1, -0.05) is 0 Å². The highest BCUT2D eigenvalue weighted by molar-refractivity contribution is 5.91. The van der Waals surface area contributed by atoms with E-state index in [4.69, 9.17) is 4.74 Å². The van der Waals surface area contributed by atoms with Gasteiger partial charge in [-0.3, -0.25) is 19.8 Å². The van der Waals surface area contributed by atoms with Gasteiger partial charge >= 0.3 is 12.3 Å². The second-order valence-corrected chi connectivity index (χ2v) is 15.2. The first kappa shape index (κ1) is 39.9. The van der Waals surface area contributed by atoms with Gasteiger partial charge in [0, 0.05) is 68.8 Å². The molecule has 298 valence electrons. The summed E-state index contributed by atoms with van der Waals surface area (Å²) in [5.41, 5.74) is -0.125. The molecule has 55 heavy (non-hydrogen) atoms. The number of ether oxygens (including phenoxy) is 1. The number of anilines is 1. The fraction of sp³-hybridized carbons (Fsp3) is 0.590. The lowest BCUT2D eigenvalue weighted by Crippen LogP contribution is -2.50. The van der Waals surface area contributed by atoms with Gasteiger partial charge in [0.05, 0.1) is 29.2 Å². The number of benzene rings is 2. The molecule has 3 heterocycles. The first-order chi connectivity index (χ1) is 26.2. The Labute approximate surface area is 318 Å². The number of carboxylic acid groups (broad SMARTS) is 1. The Balaban J connectivity index is 1.06. The van der Waals surface area contributed by atoms with Gasteiger partial charge in [-0.2, -0.15) is 13.2 Å². The first-order valence-electron chi connectivity index (χ1n) is 19.2. The molecule has 0 unspecified atom stereocenters. The predicted octanol–water partition coefficient (Wildman–Crippen LogP) is 7.64. The normalized spacial score (nSPS) is 20.7. The number of hydrogen-bond donors (Lipinski definition) is 2. The van der Waals surface area contributed by atoms with E-state index in [9.17, 15) is 38.0 Å². The molecule has 1 atom stereocenters. The van der Waals surface area contributed by atoms with Crippen LogP contribution in [0.2, 0.25) is 0 Å². The van der Waals surface area contributed by atoms with Crippen molar-refractivity contribution in [2.24, 2.45) is 11.8 Å². The van der Waals surface area contributed by atoms with Crippen molar-refractivity contribution in [3.8, 4) is 5.75 Å². The zero-order valence-corrected chi connectivity index (χ0v) is 31.6. The van der Waals surface area contributed by atoms with E-state index < -0.39 is 34.5 Å². The third kappa shape index (κ3) is 9.57. The third-order valence-corrected chi connectivity index (χ3v) is 11.7. The molecular formula is C39H50F3N7O6. The number of nitro benzene ring substituents is 1. The Hall–Kier alpha value is -4.73. The van der Waals surface area contributed by atoms with Gasteiger partial charge < -0.3 is 25.0 Å². The van der Waals surface area contributed by atoms with Crippen molar-refractivity contribution in [2.75, 3.05) is 58.2 Å². The summed E-state index contributed by atoms with van der Waals surface area (Å²) in [6, 6.07) is 5.61. The number of carbonyl (C=O) groups excluding carboxylic acids is 1. The SMILES string of the molecule is COc1cc2nc(C)nc(N[C@H](C)c3cc([N+](=O)[O-])cc(C(F)(F)F)c3)c2cc1C1CCC(C(=O)N2CCN(CCCC3CCN(C(=O)O)CC3)CC2)CC1. The highest BCUT2D eigenvalue weighted by Crippen LogP contribution is 2.43. The van der Waals surface area contributed by atoms with Gasteiger partial charge in [0.25, 0.3) is 5.69 Å². The molecule has 3 fully saturated rings. The largest absolute Gasteiger partial charge is 0.496 e. The minimum absolute atomic E-state index is 0.0495. The van der Waals surface area contributed by atoms with Crippen LogP contribution in [0.5, 0.6) is 5.75 Å². The van der Waals surface area contributed by atoms with E-state index in [1.165, 1.54) is 4.90 Å². The standard InChI is InChI=1S/C39H50F3N7O6/c1-24(29-19-30(39(40,41)42)21-31(20-29)49(53)54)43-36-33-22-32(35(55-3)23-34(33)44-25(2)45-36)27-6-8-28(9-7-27)37(50)47-17-15-46(16-18-47)12-4-5-26-10-13-48(14-11-26)38(51)52/h19-24,26-28H,4-18H2,1-3H3,(H,51,52)(H,43,44,45)/t24-,27?,28?/m1/s1. The average Bonchev–Trinajstić information content (AvgIpc) is 3.17. The van der Waals surface area contributed by atoms with E-state index in [1.54, 1.807) is 21.0 Å². The predicted molar refractivity (Wildman–Crippen MR) is 200 cm³/mol. The number of likely N-dealkylation sites (tertiary alicyclic amines) is 1. The molecule has 2 aliphatic heterocycles. The number of piperidine rings is 1. The minimum Gasteiger partial charge on any atom is -0.496 e. The summed E-state index contributed by atoms with van der Waals surface area (Å²) in [4.78, 5) is 50.6. The molecule has 2 amide bonds. The molecule has 6 rings (SSSR count). The Bertz CT molecular complexity index is 1870. The van der Waals surface area contributed by atoms with E-state index in [1.807, 2.05) is 17.0 Å². The summed E-state index contributed by atoms with van der Waals surface area (Å²) < 4.78 is 46.7. The van der Waals surface area contributed by atoms with Gasteiger partial charge in [-0.15, -0.1) is 0 Å². The number of aromatic nitrogens is 2. The average molecular weight is 770 g/mol. The number of nitrogens with zero attached hydrogens (tertiary/aromatic N) is 6. The van der Waals surface area contributed by atoms with Crippen LogP contribution in [0.4, 0.5) is 29.5 Å². The Morgan fingerprint density at radius 2 is 1.67 bits per heavy atom. The number of piperazine rings is 1. The topological polar surface area (TPSA) is 154 Å². The monoisotopic (exact) mass is 769 g/mol. The van der Waals surface area contributed by atoms with E-state index in [0.717, 1.165) is 102 Å². The molecule has 1 aliphatic carbocycles. The summed E-state index contributed by atoms with van der Waals surface area (Å²) in [6.45, 7) is 8.72. The number of halogens is 3. The highest BCUT2D eigenvalue weighted by Gasteiger charge is 2.35. The second-order valence-electron chi connectivity index (χ2n) is 15.2. The number of fused-ring (bicyclic) bond motifs is 1. The Kier molecular flexibility index (Phi) is 12.3. The van der Waals surface area contributed by atoms with Crippen LogP contribution in [0.1, 0.15) is 92.8 Å². The molecule has 13 nitrogen and oxygen atoms in total. The highest BCUT2D eigenvalue weighted by atomic mass is 19.4. The Morgan fingerprint density at radius 3 is 2.29 bits per heavy atom. The number of carbonyl (C=O) groups is 2. The summed E-state index contributed by atoms with van der Waals surface area (Å²) in [5.74, 6) is 2.34. The number of hydrogen-bond acceptors (Lipinski definition) is 9. The molecule has 0 radical (unpaired) electrons. The van der Waals surface area contributed by atoms with Crippen molar-refractivity contribution >= 4 is 34.4 Å². The van der Waals surface area contributed by atoms with Crippen molar-refractivity contribution in [1.82, 2.24) is 24.7 Å². The fourth-order valence-electron chi connectivity index (χ4n) is 8.46. The van der Waals surface area contributed by atoms with Crippen LogP contribution in [-0.4, -0.2) is 99.6 Å². The maximum atomic E-state index is 13.6. The number of methoxy groups -OCH3 is 1. The molecular weight excluding hydrogens is 719 g/mol. The zero-order chi connectivity index (χ0) is 39.4. The molecule has 1 saturated carbocycles. The van der Waals surface area contributed by atoms with Crippen LogP contribution < -0.4 is 10.1 Å². The van der Waals surface area contributed by atoms with Crippen LogP contribution in [-0.2, 0) is 11.0 Å². The number of aryl methyl sites for hydroxylation is 1. The van der Waals surface area contributed by atoms with Gasteiger partial charge in [0.2, 0.25) is 5.91 Å². The molecule has 1 aromatic heterocycles. The summed E-state index contributed by atoms with van der Waals surface area (Å²) in [7, 11) is 1.60.